The Hall–Kier alpha value is -2.67. The van der Waals surface area contributed by atoms with E-state index in [0.29, 0.717) is 29.9 Å². The molecule has 0 radical (unpaired) electrons. The zero-order valence-electron chi connectivity index (χ0n) is 15.2. The Morgan fingerprint density at radius 2 is 1.48 bits per heavy atom. The van der Waals surface area contributed by atoms with Crippen molar-refractivity contribution < 1.29 is 14.4 Å². The van der Waals surface area contributed by atoms with Gasteiger partial charge in [-0.05, 0) is 52.3 Å². The summed E-state index contributed by atoms with van der Waals surface area (Å²) in [5.74, 6) is -0.637. The van der Waals surface area contributed by atoms with Gasteiger partial charge in [-0.2, -0.15) is 0 Å². The van der Waals surface area contributed by atoms with Gasteiger partial charge in [-0.25, -0.2) is 0 Å². The molecule has 142 valence electrons. The molecule has 0 aliphatic carbocycles. The number of rotatable bonds is 7. The third kappa shape index (κ3) is 6.21. The van der Waals surface area contributed by atoms with Gasteiger partial charge in [0.1, 0.15) is 0 Å². The van der Waals surface area contributed by atoms with Gasteiger partial charge in [-0.1, -0.05) is 26.0 Å². The van der Waals surface area contributed by atoms with Crippen LogP contribution in [0.1, 0.15) is 34.6 Å². The molecule has 0 spiro atoms. The van der Waals surface area contributed by atoms with Crippen LogP contribution in [0.25, 0.3) is 0 Å². The van der Waals surface area contributed by atoms with Gasteiger partial charge < -0.3 is 16.0 Å². The van der Waals surface area contributed by atoms with Crippen LogP contribution in [0.2, 0.25) is 0 Å². The van der Waals surface area contributed by atoms with Crippen molar-refractivity contribution in [1.82, 2.24) is 10.6 Å². The van der Waals surface area contributed by atoms with Crippen molar-refractivity contribution in [2.45, 2.75) is 13.8 Å². The van der Waals surface area contributed by atoms with Gasteiger partial charge in [0.2, 0.25) is 5.91 Å². The van der Waals surface area contributed by atoms with E-state index in [-0.39, 0.29) is 23.6 Å². The fraction of sp³-hybridized carbons (Fsp3) is 0.250. The highest BCUT2D eigenvalue weighted by atomic mass is 79.9. The number of hydrogen-bond donors (Lipinski definition) is 3. The zero-order valence-corrected chi connectivity index (χ0v) is 16.8. The maximum absolute atomic E-state index is 12.1. The van der Waals surface area contributed by atoms with Crippen molar-refractivity contribution in [3.63, 3.8) is 0 Å². The van der Waals surface area contributed by atoms with Crippen molar-refractivity contribution in [2.75, 3.05) is 18.4 Å². The number of carbonyl (C=O) groups excluding carboxylic acids is 3. The summed E-state index contributed by atoms with van der Waals surface area (Å²) in [6.45, 7) is 4.24. The molecule has 0 heterocycles. The Bertz CT molecular complexity index is 819. The van der Waals surface area contributed by atoms with Crippen LogP contribution in [0.5, 0.6) is 0 Å². The summed E-state index contributed by atoms with van der Waals surface area (Å²) in [7, 11) is 0. The van der Waals surface area contributed by atoms with Gasteiger partial charge in [0.15, 0.2) is 0 Å². The van der Waals surface area contributed by atoms with Crippen molar-refractivity contribution in [3.05, 3.63) is 64.1 Å². The highest BCUT2D eigenvalue weighted by molar-refractivity contribution is 9.10. The number of nitrogens with one attached hydrogen (secondary N) is 3. The Balaban J connectivity index is 1.78. The first-order valence-corrected chi connectivity index (χ1v) is 9.39. The molecule has 0 aliphatic heterocycles. The molecular formula is C20H22BrN3O3. The lowest BCUT2D eigenvalue weighted by Crippen LogP contribution is -2.34. The SMILES string of the molecule is CC(C)C(=O)Nc1ccc(C(=O)NCCNC(=O)c2ccccc2Br)cc1. The average molecular weight is 432 g/mol. The van der Waals surface area contributed by atoms with Gasteiger partial charge in [0.25, 0.3) is 11.8 Å². The summed E-state index contributed by atoms with van der Waals surface area (Å²) in [6, 6.07) is 13.8. The summed E-state index contributed by atoms with van der Waals surface area (Å²) < 4.78 is 0.719. The van der Waals surface area contributed by atoms with Crippen LogP contribution in [-0.2, 0) is 4.79 Å². The van der Waals surface area contributed by atoms with Crippen LogP contribution < -0.4 is 16.0 Å². The third-order valence-electron chi connectivity index (χ3n) is 3.75. The van der Waals surface area contributed by atoms with Crippen LogP contribution >= 0.6 is 15.9 Å². The summed E-state index contributed by atoms with van der Waals surface area (Å²) >= 11 is 3.33. The van der Waals surface area contributed by atoms with E-state index in [2.05, 4.69) is 31.9 Å². The van der Waals surface area contributed by atoms with Gasteiger partial charge in [-0.15, -0.1) is 0 Å². The monoisotopic (exact) mass is 431 g/mol. The predicted molar refractivity (Wildman–Crippen MR) is 109 cm³/mol. The second-order valence-corrected chi connectivity index (χ2v) is 7.07. The second kappa shape index (κ2) is 9.87. The topological polar surface area (TPSA) is 87.3 Å². The first-order valence-electron chi connectivity index (χ1n) is 8.60. The molecule has 0 saturated carbocycles. The minimum absolute atomic E-state index is 0.0759. The second-order valence-electron chi connectivity index (χ2n) is 6.21. The molecule has 7 heteroatoms. The predicted octanol–water partition coefficient (Wildman–Crippen LogP) is 3.20. The Kier molecular flexibility index (Phi) is 7.55. The van der Waals surface area contributed by atoms with Crippen LogP contribution in [0, 0.1) is 5.92 Å². The standard InChI is InChI=1S/C20H22BrN3O3/c1-13(2)18(25)24-15-9-7-14(8-10-15)19(26)22-11-12-23-20(27)16-5-3-4-6-17(16)21/h3-10,13H,11-12H2,1-2H3,(H,22,26)(H,23,27)(H,24,25). The molecule has 2 aromatic rings. The molecule has 0 atom stereocenters. The zero-order chi connectivity index (χ0) is 19.8. The molecule has 2 aromatic carbocycles. The molecule has 3 amide bonds. The first kappa shape index (κ1) is 20.6. The minimum atomic E-state index is -0.244. The van der Waals surface area contributed by atoms with E-state index in [1.807, 2.05) is 19.9 Å². The highest BCUT2D eigenvalue weighted by Crippen LogP contribution is 2.15. The first-order chi connectivity index (χ1) is 12.9. The van der Waals surface area contributed by atoms with Crippen molar-refractivity contribution in [1.29, 1.82) is 0 Å². The lowest BCUT2D eigenvalue weighted by atomic mass is 10.1. The van der Waals surface area contributed by atoms with Gasteiger partial charge >= 0.3 is 0 Å². The molecule has 0 aliphatic rings. The van der Waals surface area contributed by atoms with E-state index >= 15 is 0 Å². The lowest BCUT2D eigenvalue weighted by molar-refractivity contribution is -0.118. The molecule has 27 heavy (non-hydrogen) atoms. The van der Waals surface area contributed by atoms with Crippen LogP contribution in [0.3, 0.4) is 0 Å². The van der Waals surface area contributed by atoms with E-state index in [9.17, 15) is 14.4 Å². The van der Waals surface area contributed by atoms with E-state index < -0.39 is 0 Å². The number of benzene rings is 2. The van der Waals surface area contributed by atoms with Crippen LogP contribution in [-0.4, -0.2) is 30.8 Å². The number of halogens is 1. The molecule has 0 fully saturated rings. The highest BCUT2D eigenvalue weighted by Gasteiger charge is 2.10. The number of carbonyl (C=O) groups is 3. The Morgan fingerprint density at radius 3 is 2.07 bits per heavy atom. The fourth-order valence-electron chi connectivity index (χ4n) is 2.19. The van der Waals surface area contributed by atoms with Gasteiger partial charge in [0, 0.05) is 34.7 Å². The molecule has 2 rings (SSSR count). The largest absolute Gasteiger partial charge is 0.350 e. The molecule has 0 saturated heterocycles. The van der Waals surface area contributed by atoms with Crippen LogP contribution in [0.15, 0.2) is 53.0 Å². The average Bonchev–Trinajstić information content (AvgIpc) is 2.65. The molecule has 0 bridgehead atoms. The van der Waals surface area contributed by atoms with E-state index in [1.54, 1.807) is 42.5 Å². The summed E-state index contributed by atoms with van der Waals surface area (Å²) in [6.07, 6.45) is 0. The molecule has 0 unspecified atom stereocenters. The summed E-state index contributed by atoms with van der Waals surface area (Å²) in [5, 5.41) is 8.27. The van der Waals surface area contributed by atoms with E-state index in [0.717, 1.165) is 4.47 Å². The maximum Gasteiger partial charge on any atom is 0.252 e. The van der Waals surface area contributed by atoms with E-state index in [1.165, 1.54) is 0 Å². The van der Waals surface area contributed by atoms with Gasteiger partial charge in [-0.3, -0.25) is 14.4 Å². The van der Waals surface area contributed by atoms with Crippen molar-refractivity contribution in [3.8, 4) is 0 Å². The third-order valence-corrected chi connectivity index (χ3v) is 4.45. The smallest absolute Gasteiger partial charge is 0.252 e. The Morgan fingerprint density at radius 1 is 0.889 bits per heavy atom. The van der Waals surface area contributed by atoms with E-state index in [4.69, 9.17) is 0 Å². The molecule has 0 aromatic heterocycles. The summed E-state index contributed by atoms with van der Waals surface area (Å²) in [5.41, 5.74) is 1.67. The number of hydrogen-bond acceptors (Lipinski definition) is 3. The Labute approximate surface area is 166 Å². The number of amides is 3. The molecule has 6 nitrogen and oxygen atoms in total. The molecular weight excluding hydrogens is 410 g/mol. The van der Waals surface area contributed by atoms with Crippen molar-refractivity contribution >= 4 is 39.3 Å². The number of anilines is 1. The quantitative estimate of drug-likeness (QED) is 0.588. The molecule has 3 N–H and O–H groups in total. The normalized spacial score (nSPS) is 10.4. The van der Waals surface area contributed by atoms with Crippen molar-refractivity contribution in [2.24, 2.45) is 5.92 Å². The van der Waals surface area contributed by atoms with Crippen LogP contribution in [0.4, 0.5) is 5.69 Å². The lowest BCUT2D eigenvalue weighted by Gasteiger charge is -2.10. The maximum atomic E-state index is 12.1. The fourth-order valence-corrected chi connectivity index (χ4v) is 2.65. The minimum Gasteiger partial charge on any atom is -0.350 e. The summed E-state index contributed by atoms with van der Waals surface area (Å²) in [4.78, 5) is 35.9. The van der Waals surface area contributed by atoms with Gasteiger partial charge in [0.05, 0.1) is 5.56 Å².